The lowest BCUT2D eigenvalue weighted by molar-refractivity contribution is -0.112. The van der Waals surface area contributed by atoms with E-state index in [2.05, 4.69) is 5.32 Å². The Hall–Kier alpha value is -1.62. The SMILES string of the molecule is CC(=CC(=O)Nc1ccccc1CS(C)(=O)=O)C1CC1. The van der Waals surface area contributed by atoms with Crippen molar-refractivity contribution in [2.75, 3.05) is 11.6 Å². The highest BCUT2D eigenvalue weighted by Gasteiger charge is 2.23. The molecule has 0 bridgehead atoms. The molecule has 0 heterocycles. The van der Waals surface area contributed by atoms with Gasteiger partial charge in [0.15, 0.2) is 9.84 Å². The predicted octanol–water partition coefficient (Wildman–Crippen LogP) is 2.53. The van der Waals surface area contributed by atoms with Gasteiger partial charge in [-0.05, 0) is 37.3 Å². The first-order valence-corrected chi connectivity index (χ1v) is 8.66. The number of carbonyl (C=O) groups excluding carboxylic acids is 1. The Labute approximate surface area is 119 Å². The molecule has 108 valence electrons. The van der Waals surface area contributed by atoms with Crippen LogP contribution < -0.4 is 5.32 Å². The van der Waals surface area contributed by atoms with Crippen LogP contribution in [0.5, 0.6) is 0 Å². The maximum Gasteiger partial charge on any atom is 0.248 e. The van der Waals surface area contributed by atoms with Crippen LogP contribution in [0.15, 0.2) is 35.9 Å². The van der Waals surface area contributed by atoms with Gasteiger partial charge in [-0.1, -0.05) is 23.8 Å². The van der Waals surface area contributed by atoms with Crippen LogP contribution in [-0.4, -0.2) is 20.6 Å². The lowest BCUT2D eigenvalue weighted by atomic mass is 10.1. The number of rotatable bonds is 5. The van der Waals surface area contributed by atoms with Gasteiger partial charge in [-0.2, -0.15) is 0 Å². The van der Waals surface area contributed by atoms with Crippen LogP contribution in [0.1, 0.15) is 25.3 Å². The van der Waals surface area contributed by atoms with Gasteiger partial charge in [-0.15, -0.1) is 0 Å². The van der Waals surface area contributed by atoms with Gasteiger partial charge in [0.25, 0.3) is 0 Å². The van der Waals surface area contributed by atoms with Crippen molar-refractivity contribution in [3.05, 3.63) is 41.5 Å². The lowest BCUT2D eigenvalue weighted by Gasteiger charge is -2.09. The molecule has 1 saturated carbocycles. The summed E-state index contributed by atoms with van der Waals surface area (Å²) in [6, 6.07) is 6.98. The van der Waals surface area contributed by atoms with Crippen LogP contribution >= 0.6 is 0 Å². The summed E-state index contributed by atoms with van der Waals surface area (Å²) in [5.74, 6) is 0.275. The first kappa shape index (κ1) is 14.8. The molecule has 0 unspecified atom stereocenters. The number of sulfone groups is 1. The minimum atomic E-state index is -3.13. The molecule has 1 aromatic rings. The summed E-state index contributed by atoms with van der Waals surface area (Å²) in [6.45, 7) is 1.96. The van der Waals surface area contributed by atoms with Crippen molar-refractivity contribution in [1.82, 2.24) is 0 Å². The Kier molecular flexibility index (Phi) is 4.28. The first-order chi connectivity index (χ1) is 9.35. The smallest absolute Gasteiger partial charge is 0.248 e. The highest BCUT2D eigenvalue weighted by Crippen LogP contribution is 2.35. The second kappa shape index (κ2) is 5.79. The quantitative estimate of drug-likeness (QED) is 0.848. The largest absolute Gasteiger partial charge is 0.322 e. The Morgan fingerprint density at radius 1 is 1.35 bits per heavy atom. The van der Waals surface area contributed by atoms with Gasteiger partial charge in [0.05, 0.1) is 5.75 Å². The molecule has 0 aliphatic heterocycles. The minimum absolute atomic E-state index is 0.0746. The summed E-state index contributed by atoms with van der Waals surface area (Å²) in [6.07, 6.45) is 5.10. The molecule has 0 aromatic heterocycles. The molecule has 1 amide bonds. The molecule has 1 fully saturated rings. The van der Waals surface area contributed by atoms with E-state index >= 15 is 0 Å². The summed E-state index contributed by atoms with van der Waals surface area (Å²) in [4.78, 5) is 11.9. The number of allylic oxidation sites excluding steroid dienone is 1. The van der Waals surface area contributed by atoms with Gasteiger partial charge in [0, 0.05) is 18.0 Å². The molecule has 2 rings (SSSR count). The van der Waals surface area contributed by atoms with Gasteiger partial charge >= 0.3 is 0 Å². The molecule has 20 heavy (non-hydrogen) atoms. The number of para-hydroxylation sites is 1. The van der Waals surface area contributed by atoms with Crippen molar-refractivity contribution in [1.29, 1.82) is 0 Å². The molecule has 0 radical (unpaired) electrons. The van der Waals surface area contributed by atoms with Crippen molar-refractivity contribution in [3.8, 4) is 0 Å². The molecular formula is C15H19NO3S. The highest BCUT2D eigenvalue weighted by atomic mass is 32.2. The second-order valence-corrected chi connectivity index (χ2v) is 7.52. The normalized spacial score (nSPS) is 16.0. The van der Waals surface area contributed by atoms with E-state index in [1.807, 2.05) is 6.92 Å². The van der Waals surface area contributed by atoms with E-state index in [0.717, 1.165) is 18.4 Å². The third-order valence-electron chi connectivity index (χ3n) is 3.27. The standard InChI is InChI=1S/C15H19NO3S/c1-11(12-7-8-12)9-15(17)16-14-6-4-3-5-13(14)10-20(2,18)19/h3-6,9,12H,7-8,10H2,1-2H3,(H,16,17). The summed E-state index contributed by atoms with van der Waals surface area (Å²) < 4.78 is 22.8. The van der Waals surface area contributed by atoms with E-state index in [1.54, 1.807) is 30.3 Å². The van der Waals surface area contributed by atoms with Crippen molar-refractivity contribution >= 4 is 21.4 Å². The molecule has 1 aliphatic carbocycles. The van der Waals surface area contributed by atoms with Crippen molar-refractivity contribution in [3.63, 3.8) is 0 Å². The predicted molar refractivity (Wildman–Crippen MR) is 80.1 cm³/mol. The third kappa shape index (κ3) is 4.49. The van der Waals surface area contributed by atoms with Crippen molar-refractivity contribution < 1.29 is 13.2 Å². The Morgan fingerprint density at radius 2 is 2.00 bits per heavy atom. The fraction of sp³-hybridized carbons (Fsp3) is 0.400. The molecule has 1 aliphatic rings. The average molecular weight is 293 g/mol. The molecule has 1 N–H and O–H groups in total. The van der Waals surface area contributed by atoms with Crippen LogP contribution in [0.3, 0.4) is 0 Å². The highest BCUT2D eigenvalue weighted by molar-refractivity contribution is 7.89. The van der Waals surface area contributed by atoms with E-state index in [4.69, 9.17) is 0 Å². The van der Waals surface area contributed by atoms with Crippen LogP contribution in [0.4, 0.5) is 5.69 Å². The minimum Gasteiger partial charge on any atom is -0.322 e. The third-order valence-corrected chi connectivity index (χ3v) is 4.11. The average Bonchev–Trinajstić information content (AvgIpc) is 3.13. The molecule has 1 aromatic carbocycles. The number of carbonyl (C=O) groups is 1. The molecule has 0 atom stereocenters. The fourth-order valence-electron chi connectivity index (χ4n) is 2.08. The van der Waals surface area contributed by atoms with E-state index in [-0.39, 0.29) is 11.7 Å². The lowest BCUT2D eigenvalue weighted by Crippen LogP contribution is -2.12. The molecule has 0 spiro atoms. The summed E-state index contributed by atoms with van der Waals surface area (Å²) in [5.41, 5.74) is 2.26. The second-order valence-electron chi connectivity index (χ2n) is 5.38. The number of hydrogen-bond acceptors (Lipinski definition) is 3. The van der Waals surface area contributed by atoms with Gasteiger partial charge in [0.2, 0.25) is 5.91 Å². The summed E-state index contributed by atoms with van der Waals surface area (Å²) in [7, 11) is -3.13. The number of amides is 1. The number of nitrogens with one attached hydrogen (secondary N) is 1. The topological polar surface area (TPSA) is 63.2 Å². The Morgan fingerprint density at radius 3 is 2.60 bits per heavy atom. The maximum atomic E-state index is 11.9. The molecular weight excluding hydrogens is 274 g/mol. The van der Waals surface area contributed by atoms with E-state index in [1.165, 1.54) is 6.26 Å². The molecule has 0 saturated heterocycles. The Balaban J connectivity index is 2.12. The zero-order valence-corrected chi connectivity index (χ0v) is 12.5. The molecule has 5 heteroatoms. The fourth-order valence-corrected chi connectivity index (χ4v) is 2.90. The van der Waals surface area contributed by atoms with Gasteiger partial charge < -0.3 is 5.32 Å². The van der Waals surface area contributed by atoms with Crippen LogP contribution in [0, 0.1) is 5.92 Å². The van der Waals surface area contributed by atoms with Gasteiger partial charge in [-0.25, -0.2) is 8.42 Å². The van der Waals surface area contributed by atoms with E-state index in [0.29, 0.717) is 17.2 Å². The van der Waals surface area contributed by atoms with E-state index in [9.17, 15) is 13.2 Å². The first-order valence-electron chi connectivity index (χ1n) is 6.60. The zero-order valence-electron chi connectivity index (χ0n) is 11.7. The summed E-state index contributed by atoms with van der Waals surface area (Å²) >= 11 is 0. The van der Waals surface area contributed by atoms with Gasteiger partial charge in [-0.3, -0.25) is 4.79 Å². The van der Waals surface area contributed by atoms with Gasteiger partial charge in [0.1, 0.15) is 0 Å². The number of anilines is 1. The van der Waals surface area contributed by atoms with Crippen LogP contribution in [0.25, 0.3) is 0 Å². The zero-order chi connectivity index (χ0) is 14.8. The Bertz CT molecular complexity index is 643. The number of hydrogen-bond donors (Lipinski definition) is 1. The van der Waals surface area contributed by atoms with Crippen LogP contribution in [-0.2, 0) is 20.4 Å². The van der Waals surface area contributed by atoms with Crippen molar-refractivity contribution in [2.45, 2.75) is 25.5 Å². The van der Waals surface area contributed by atoms with E-state index < -0.39 is 9.84 Å². The van der Waals surface area contributed by atoms with Crippen LogP contribution in [0.2, 0.25) is 0 Å². The monoisotopic (exact) mass is 293 g/mol. The molecule has 4 nitrogen and oxygen atoms in total. The van der Waals surface area contributed by atoms with Crippen molar-refractivity contribution in [2.24, 2.45) is 5.92 Å². The number of benzene rings is 1. The summed E-state index contributed by atoms with van der Waals surface area (Å²) in [5, 5.41) is 2.77. The maximum absolute atomic E-state index is 11.9.